The van der Waals surface area contributed by atoms with Gasteiger partial charge in [0.15, 0.2) is 0 Å². The van der Waals surface area contributed by atoms with E-state index in [1.54, 1.807) is 0 Å². The van der Waals surface area contributed by atoms with Crippen LogP contribution in [0.15, 0.2) is 28.7 Å². The Morgan fingerprint density at radius 1 is 1.10 bits per heavy atom. The van der Waals surface area contributed by atoms with E-state index in [0.717, 1.165) is 50.3 Å². The molecule has 5 rings (SSSR count). The molecule has 1 aliphatic heterocycles. The minimum absolute atomic E-state index is 0.165. The molecule has 1 aromatic carbocycles. The largest absolute Gasteiger partial charge is 0.424 e. The zero-order valence-electron chi connectivity index (χ0n) is 17.9. The second-order valence-electron chi connectivity index (χ2n) is 9.32. The zero-order valence-corrected chi connectivity index (χ0v) is 18.6. The molecule has 3 fully saturated rings. The van der Waals surface area contributed by atoms with Crippen molar-refractivity contribution in [3.63, 3.8) is 0 Å². The van der Waals surface area contributed by atoms with E-state index in [2.05, 4.69) is 22.3 Å². The lowest BCUT2D eigenvalue weighted by atomic mass is 9.64. The zero-order chi connectivity index (χ0) is 21.3. The molecule has 0 spiro atoms. The molecule has 31 heavy (non-hydrogen) atoms. The number of ether oxygens (including phenoxy) is 1. The molecule has 2 saturated carbocycles. The molecule has 166 valence electrons. The number of hydrogen-bond donors (Lipinski definition) is 0. The number of aromatic nitrogens is 2. The highest BCUT2D eigenvalue weighted by molar-refractivity contribution is 6.30. The average Bonchev–Trinajstić information content (AvgIpc) is 3.20. The lowest BCUT2D eigenvalue weighted by Gasteiger charge is -2.39. The molecule has 0 radical (unpaired) electrons. The molecule has 3 aliphatic rings. The summed E-state index contributed by atoms with van der Waals surface area (Å²) in [6.07, 6.45) is 8.80. The van der Waals surface area contributed by atoms with Gasteiger partial charge in [-0.05, 0) is 62.1 Å². The number of benzene rings is 1. The van der Waals surface area contributed by atoms with Crippen molar-refractivity contribution in [2.24, 2.45) is 5.92 Å². The van der Waals surface area contributed by atoms with Gasteiger partial charge in [-0.2, -0.15) is 0 Å². The van der Waals surface area contributed by atoms with Gasteiger partial charge in [-0.3, -0.25) is 4.79 Å². The summed E-state index contributed by atoms with van der Waals surface area (Å²) < 4.78 is 11.8. The lowest BCUT2D eigenvalue weighted by Crippen LogP contribution is -2.38. The van der Waals surface area contributed by atoms with Crippen LogP contribution in [-0.4, -0.2) is 46.8 Å². The molecular formula is C24H30ClN3O3. The van der Waals surface area contributed by atoms with Crippen molar-refractivity contribution in [1.29, 1.82) is 0 Å². The third kappa shape index (κ3) is 4.65. The number of carbonyl (C=O) groups is 1. The molecule has 1 saturated heterocycles. The Kier molecular flexibility index (Phi) is 6.02. The molecular weight excluding hydrogens is 414 g/mol. The van der Waals surface area contributed by atoms with Crippen LogP contribution in [0.1, 0.15) is 68.7 Å². The highest BCUT2D eigenvalue weighted by Crippen LogP contribution is 2.48. The highest BCUT2D eigenvalue weighted by atomic mass is 35.5. The van der Waals surface area contributed by atoms with Crippen LogP contribution in [-0.2, 0) is 21.4 Å². The Labute approximate surface area is 188 Å². The molecule has 0 N–H and O–H groups in total. The minimum Gasteiger partial charge on any atom is -0.424 e. The normalized spacial score (nSPS) is 22.3. The van der Waals surface area contributed by atoms with Gasteiger partial charge in [-0.25, -0.2) is 0 Å². The summed E-state index contributed by atoms with van der Waals surface area (Å²) in [5.41, 5.74) is 0.958. The van der Waals surface area contributed by atoms with Crippen LogP contribution in [0.25, 0.3) is 0 Å². The standard InChI is InChI=1S/C24H30ClN3O3/c25-19-8-6-18(7-9-19)24(12-2-13-24)23-27-26-21(31-23)10-11-22(29)28(15-17-4-5-17)16-20-3-1-14-30-20/h6-9,17,20H,1-5,10-16H2/t20-/m1/s1. The van der Waals surface area contributed by atoms with Crippen molar-refractivity contribution < 1.29 is 13.9 Å². The van der Waals surface area contributed by atoms with Gasteiger partial charge >= 0.3 is 0 Å². The predicted molar refractivity (Wildman–Crippen MR) is 117 cm³/mol. The van der Waals surface area contributed by atoms with Crippen LogP contribution in [0.4, 0.5) is 0 Å². The van der Waals surface area contributed by atoms with Gasteiger partial charge in [-0.1, -0.05) is 30.2 Å². The van der Waals surface area contributed by atoms with Gasteiger partial charge in [0, 0.05) is 37.6 Å². The maximum Gasteiger partial charge on any atom is 0.227 e. The first kappa shape index (κ1) is 21.0. The van der Waals surface area contributed by atoms with Gasteiger partial charge in [-0.15, -0.1) is 10.2 Å². The van der Waals surface area contributed by atoms with Crippen LogP contribution < -0.4 is 0 Å². The molecule has 6 nitrogen and oxygen atoms in total. The van der Waals surface area contributed by atoms with Gasteiger partial charge in [0.1, 0.15) is 0 Å². The molecule has 0 bridgehead atoms. The summed E-state index contributed by atoms with van der Waals surface area (Å²) in [5.74, 6) is 2.04. The maximum absolute atomic E-state index is 13.0. The lowest BCUT2D eigenvalue weighted by molar-refractivity contribution is -0.133. The summed E-state index contributed by atoms with van der Waals surface area (Å²) >= 11 is 6.06. The van der Waals surface area contributed by atoms with Crippen molar-refractivity contribution >= 4 is 17.5 Å². The summed E-state index contributed by atoms with van der Waals surface area (Å²) in [6.45, 7) is 2.38. The van der Waals surface area contributed by atoms with E-state index in [1.807, 2.05) is 17.0 Å². The Morgan fingerprint density at radius 3 is 2.55 bits per heavy atom. The number of halogens is 1. The number of carbonyl (C=O) groups excluding carboxylic acids is 1. The summed E-state index contributed by atoms with van der Waals surface area (Å²) in [5, 5.41) is 9.38. The fraction of sp³-hybridized carbons (Fsp3) is 0.625. The van der Waals surface area contributed by atoms with E-state index >= 15 is 0 Å². The fourth-order valence-corrected chi connectivity index (χ4v) is 4.90. The molecule has 2 aliphatic carbocycles. The fourth-order valence-electron chi connectivity index (χ4n) is 4.77. The van der Waals surface area contributed by atoms with Crippen LogP contribution in [0.2, 0.25) is 5.02 Å². The number of aryl methyl sites for hydroxylation is 1. The van der Waals surface area contributed by atoms with Gasteiger partial charge in [0.2, 0.25) is 17.7 Å². The molecule has 7 heteroatoms. The van der Waals surface area contributed by atoms with Gasteiger partial charge in [0.25, 0.3) is 0 Å². The van der Waals surface area contributed by atoms with Crippen molar-refractivity contribution in [3.8, 4) is 0 Å². The van der Waals surface area contributed by atoms with E-state index in [9.17, 15) is 4.79 Å². The van der Waals surface area contributed by atoms with Crippen molar-refractivity contribution in [1.82, 2.24) is 15.1 Å². The predicted octanol–water partition coefficient (Wildman–Crippen LogP) is 4.54. The number of nitrogens with zero attached hydrogens (tertiary/aromatic N) is 3. The molecule has 1 amide bonds. The second kappa shape index (κ2) is 8.91. The van der Waals surface area contributed by atoms with E-state index in [0.29, 0.717) is 37.1 Å². The Bertz CT molecular complexity index is 899. The average molecular weight is 444 g/mol. The third-order valence-corrected chi connectivity index (χ3v) is 7.26. The van der Waals surface area contributed by atoms with E-state index in [-0.39, 0.29) is 17.4 Å². The monoisotopic (exact) mass is 443 g/mol. The quantitative estimate of drug-likeness (QED) is 0.569. The molecule has 0 unspecified atom stereocenters. The van der Waals surface area contributed by atoms with E-state index < -0.39 is 0 Å². The Hall–Kier alpha value is -1.92. The first-order chi connectivity index (χ1) is 15.1. The molecule has 1 atom stereocenters. The topological polar surface area (TPSA) is 68.5 Å². The molecule has 2 aromatic rings. The first-order valence-electron chi connectivity index (χ1n) is 11.6. The van der Waals surface area contributed by atoms with E-state index in [1.165, 1.54) is 18.4 Å². The molecule has 1 aromatic heterocycles. The summed E-state index contributed by atoms with van der Waals surface area (Å²) in [4.78, 5) is 15.0. The second-order valence-corrected chi connectivity index (χ2v) is 9.76. The van der Waals surface area contributed by atoms with Crippen molar-refractivity contribution in [2.75, 3.05) is 19.7 Å². The highest BCUT2D eigenvalue weighted by Gasteiger charge is 2.45. The Balaban J connectivity index is 1.22. The van der Waals surface area contributed by atoms with Crippen LogP contribution in [0, 0.1) is 5.92 Å². The maximum atomic E-state index is 13.0. The van der Waals surface area contributed by atoms with Gasteiger partial charge in [0.05, 0.1) is 11.5 Å². The number of hydrogen-bond acceptors (Lipinski definition) is 5. The van der Waals surface area contributed by atoms with Crippen molar-refractivity contribution in [2.45, 2.75) is 69.3 Å². The van der Waals surface area contributed by atoms with Crippen LogP contribution >= 0.6 is 11.6 Å². The van der Waals surface area contributed by atoms with Gasteiger partial charge < -0.3 is 14.1 Å². The summed E-state index contributed by atoms with van der Waals surface area (Å²) in [7, 11) is 0. The van der Waals surface area contributed by atoms with E-state index in [4.69, 9.17) is 20.8 Å². The smallest absolute Gasteiger partial charge is 0.227 e. The van der Waals surface area contributed by atoms with Crippen molar-refractivity contribution in [3.05, 3.63) is 46.6 Å². The Morgan fingerprint density at radius 2 is 1.90 bits per heavy atom. The minimum atomic E-state index is -0.211. The first-order valence-corrected chi connectivity index (χ1v) is 12.0. The number of amides is 1. The molecule has 2 heterocycles. The number of rotatable bonds is 9. The SMILES string of the molecule is O=C(CCc1nnc(C2(c3ccc(Cl)cc3)CCC2)o1)N(CC1CC1)C[C@H]1CCCO1. The van der Waals surface area contributed by atoms with Crippen LogP contribution in [0.3, 0.4) is 0 Å². The summed E-state index contributed by atoms with van der Waals surface area (Å²) in [6, 6.07) is 7.93. The van der Waals surface area contributed by atoms with Crippen LogP contribution in [0.5, 0.6) is 0 Å². The third-order valence-electron chi connectivity index (χ3n) is 7.01.